The highest BCUT2D eigenvalue weighted by molar-refractivity contribution is 5.91. The molecule has 8 heteroatoms. The van der Waals surface area contributed by atoms with Crippen molar-refractivity contribution in [2.45, 2.75) is 13.8 Å². The Morgan fingerprint density at radius 2 is 1.08 bits per heavy atom. The average Bonchev–Trinajstić information content (AvgIpc) is 2.91. The molecule has 0 aliphatic rings. The molecule has 0 heterocycles. The molecule has 0 atom stereocenters. The molecule has 0 amide bonds. The van der Waals surface area contributed by atoms with E-state index >= 15 is 0 Å². The number of esters is 1. The maximum atomic E-state index is 15.0. The van der Waals surface area contributed by atoms with E-state index in [1.54, 1.807) is 31.2 Å². The van der Waals surface area contributed by atoms with E-state index in [2.05, 4.69) is 0 Å². The first kappa shape index (κ1) is 25.8. The molecule has 0 spiro atoms. The van der Waals surface area contributed by atoms with Gasteiger partial charge in [0.25, 0.3) is 0 Å². The van der Waals surface area contributed by atoms with Crippen LogP contribution in [0.15, 0.2) is 72.8 Å². The Balaban J connectivity index is 1.53. The number of ether oxygens (including phenoxy) is 3. The number of carbonyl (C=O) groups is 1. The van der Waals surface area contributed by atoms with Crippen LogP contribution in [0.5, 0.6) is 17.2 Å². The van der Waals surface area contributed by atoms with Gasteiger partial charge in [0.15, 0.2) is 23.1 Å². The lowest BCUT2D eigenvalue weighted by atomic mass is 9.98. The van der Waals surface area contributed by atoms with E-state index in [0.717, 1.165) is 12.1 Å². The molecule has 4 nitrogen and oxygen atoms in total. The SMILES string of the molecule is CCOc1ccc(-c2ccc(-c3ccc(C(=O)Oc4ccc(OCC)c(F)c4F)cc3)c(F)c2F)cc1. The third-order valence-electron chi connectivity index (χ3n) is 5.50. The normalized spacial score (nSPS) is 10.8. The van der Waals surface area contributed by atoms with Crippen LogP contribution in [0.3, 0.4) is 0 Å². The van der Waals surface area contributed by atoms with Crippen molar-refractivity contribution in [3.8, 4) is 39.5 Å². The molecular weight excluding hydrogens is 488 g/mol. The highest BCUT2D eigenvalue weighted by Crippen LogP contribution is 2.33. The Morgan fingerprint density at radius 1 is 0.595 bits per heavy atom. The lowest BCUT2D eigenvalue weighted by molar-refractivity contribution is 0.0726. The van der Waals surface area contributed by atoms with Crippen molar-refractivity contribution < 1.29 is 36.6 Å². The smallest absolute Gasteiger partial charge is 0.343 e. The quantitative estimate of drug-likeness (QED) is 0.139. The van der Waals surface area contributed by atoms with Crippen LogP contribution in [-0.4, -0.2) is 19.2 Å². The Kier molecular flexibility index (Phi) is 7.77. The standard InChI is InChI=1S/C29H22F4O4/c1-3-35-20-11-9-18(10-12-20)22-14-13-21(25(30)26(22)31)17-5-7-19(8-6-17)29(34)37-24-16-15-23(36-4-2)27(32)28(24)33/h5-16H,3-4H2,1-2H3. The van der Waals surface area contributed by atoms with Crippen molar-refractivity contribution in [1.29, 1.82) is 0 Å². The second-order valence-electron chi connectivity index (χ2n) is 7.84. The lowest BCUT2D eigenvalue weighted by Crippen LogP contribution is -2.10. The molecule has 4 aromatic carbocycles. The van der Waals surface area contributed by atoms with E-state index in [0.29, 0.717) is 23.5 Å². The van der Waals surface area contributed by atoms with Gasteiger partial charge in [0.1, 0.15) is 5.75 Å². The second kappa shape index (κ2) is 11.2. The van der Waals surface area contributed by atoms with E-state index in [4.69, 9.17) is 14.2 Å². The topological polar surface area (TPSA) is 44.8 Å². The summed E-state index contributed by atoms with van der Waals surface area (Å²) in [6, 6.07) is 17.2. The Hall–Kier alpha value is -4.33. The summed E-state index contributed by atoms with van der Waals surface area (Å²) in [4.78, 5) is 12.4. The van der Waals surface area contributed by atoms with Crippen molar-refractivity contribution in [1.82, 2.24) is 0 Å². The zero-order chi connectivity index (χ0) is 26.5. The van der Waals surface area contributed by atoms with Crippen molar-refractivity contribution in [3.63, 3.8) is 0 Å². The number of hydrogen-bond donors (Lipinski definition) is 0. The summed E-state index contributed by atoms with van der Waals surface area (Å²) in [5.74, 6) is -5.93. The first-order valence-corrected chi connectivity index (χ1v) is 11.5. The summed E-state index contributed by atoms with van der Waals surface area (Å²) >= 11 is 0. The second-order valence-corrected chi connectivity index (χ2v) is 7.84. The molecule has 37 heavy (non-hydrogen) atoms. The summed E-state index contributed by atoms with van der Waals surface area (Å²) in [6.45, 7) is 4.09. The number of carbonyl (C=O) groups excluding carboxylic acids is 1. The van der Waals surface area contributed by atoms with Crippen molar-refractivity contribution in [3.05, 3.63) is 102 Å². The van der Waals surface area contributed by atoms with Gasteiger partial charge in [-0.2, -0.15) is 8.78 Å². The third kappa shape index (κ3) is 5.43. The zero-order valence-electron chi connectivity index (χ0n) is 20.0. The predicted octanol–water partition coefficient (Wildman–Crippen LogP) is 7.59. The van der Waals surface area contributed by atoms with Crippen molar-refractivity contribution >= 4 is 5.97 Å². The molecule has 0 saturated heterocycles. The number of halogens is 4. The molecule has 4 rings (SSSR count). The van der Waals surface area contributed by atoms with Crippen molar-refractivity contribution in [2.24, 2.45) is 0 Å². The Morgan fingerprint density at radius 3 is 1.62 bits per heavy atom. The first-order valence-electron chi connectivity index (χ1n) is 11.5. The van der Waals surface area contributed by atoms with Gasteiger partial charge in [0.2, 0.25) is 11.6 Å². The van der Waals surface area contributed by atoms with Gasteiger partial charge in [-0.05, 0) is 61.4 Å². The molecule has 0 fully saturated rings. The van der Waals surface area contributed by atoms with E-state index in [1.807, 2.05) is 6.92 Å². The Bertz CT molecular complexity index is 1420. The summed E-state index contributed by atoms with van der Waals surface area (Å²) in [6.07, 6.45) is 0. The maximum absolute atomic E-state index is 15.0. The number of hydrogen-bond acceptors (Lipinski definition) is 4. The number of rotatable bonds is 8. The zero-order valence-corrected chi connectivity index (χ0v) is 20.0. The van der Waals surface area contributed by atoms with E-state index < -0.39 is 35.0 Å². The molecule has 0 aromatic heterocycles. The van der Waals surface area contributed by atoms with Crippen LogP contribution in [0.2, 0.25) is 0 Å². The summed E-state index contributed by atoms with van der Waals surface area (Å²) in [5.41, 5.74) is 0.886. The first-order chi connectivity index (χ1) is 17.8. The number of benzene rings is 4. The van der Waals surface area contributed by atoms with Gasteiger partial charge in [-0.25, -0.2) is 13.6 Å². The van der Waals surface area contributed by atoms with Gasteiger partial charge in [0, 0.05) is 11.1 Å². The van der Waals surface area contributed by atoms with Crippen molar-refractivity contribution in [2.75, 3.05) is 13.2 Å². The summed E-state index contributed by atoms with van der Waals surface area (Å²) in [7, 11) is 0. The highest BCUT2D eigenvalue weighted by atomic mass is 19.2. The molecule has 0 bridgehead atoms. The van der Waals surface area contributed by atoms with Gasteiger partial charge in [-0.3, -0.25) is 0 Å². The molecule has 4 aromatic rings. The molecule has 0 aliphatic carbocycles. The minimum absolute atomic E-state index is 0.00401. The minimum atomic E-state index is -1.36. The largest absolute Gasteiger partial charge is 0.494 e. The predicted molar refractivity (Wildman–Crippen MR) is 131 cm³/mol. The van der Waals surface area contributed by atoms with Crippen LogP contribution < -0.4 is 14.2 Å². The fraction of sp³-hybridized carbons (Fsp3) is 0.138. The maximum Gasteiger partial charge on any atom is 0.343 e. The van der Waals surface area contributed by atoms with Gasteiger partial charge in [-0.15, -0.1) is 0 Å². The minimum Gasteiger partial charge on any atom is -0.494 e. The van der Waals surface area contributed by atoms with Gasteiger partial charge < -0.3 is 14.2 Å². The van der Waals surface area contributed by atoms with Gasteiger partial charge in [0.05, 0.1) is 18.8 Å². The molecule has 190 valence electrons. The fourth-order valence-electron chi connectivity index (χ4n) is 3.70. The van der Waals surface area contributed by atoms with E-state index in [9.17, 15) is 22.4 Å². The average molecular weight is 510 g/mol. The van der Waals surface area contributed by atoms with Gasteiger partial charge >= 0.3 is 5.97 Å². The molecule has 0 unspecified atom stereocenters. The monoisotopic (exact) mass is 510 g/mol. The van der Waals surface area contributed by atoms with Crippen LogP contribution >= 0.6 is 0 Å². The summed E-state index contributed by atoms with van der Waals surface area (Å²) in [5, 5.41) is 0. The van der Waals surface area contributed by atoms with Gasteiger partial charge in [-0.1, -0.05) is 36.4 Å². The fourth-order valence-corrected chi connectivity index (χ4v) is 3.70. The highest BCUT2D eigenvalue weighted by Gasteiger charge is 2.20. The summed E-state index contributed by atoms with van der Waals surface area (Å²) < 4.78 is 73.5. The molecule has 0 N–H and O–H groups in total. The van der Waals surface area contributed by atoms with E-state index in [-0.39, 0.29) is 29.0 Å². The van der Waals surface area contributed by atoms with Crippen LogP contribution in [-0.2, 0) is 0 Å². The van der Waals surface area contributed by atoms with E-state index in [1.165, 1.54) is 36.4 Å². The van der Waals surface area contributed by atoms with Crippen LogP contribution in [0.1, 0.15) is 24.2 Å². The molecular formula is C29H22F4O4. The molecule has 0 radical (unpaired) electrons. The van der Waals surface area contributed by atoms with Crippen LogP contribution in [0.4, 0.5) is 17.6 Å². The lowest BCUT2D eigenvalue weighted by Gasteiger charge is -2.11. The Labute approximate surface area is 211 Å². The van der Waals surface area contributed by atoms with Crippen LogP contribution in [0.25, 0.3) is 22.3 Å². The molecule has 0 aliphatic heterocycles. The molecule has 0 saturated carbocycles. The van der Waals surface area contributed by atoms with Crippen LogP contribution in [0, 0.1) is 23.3 Å². The third-order valence-corrected chi connectivity index (χ3v) is 5.50.